The van der Waals surface area contributed by atoms with Crippen LogP contribution in [0.5, 0.6) is 0 Å². The van der Waals surface area contributed by atoms with Gasteiger partial charge in [-0.3, -0.25) is 9.59 Å². The van der Waals surface area contributed by atoms with E-state index in [0.717, 1.165) is 46.3 Å². The van der Waals surface area contributed by atoms with Gasteiger partial charge in [0.05, 0.1) is 60.8 Å². The number of halogens is 1. The Kier molecular flexibility index (Phi) is 21.6. The minimum Gasteiger partial charge on any atom is -0.453 e. The lowest BCUT2D eigenvalue weighted by atomic mass is 9.96. The summed E-state index contributed by atoms with van der Waals surface area (Å²) in [6, 6.07) is 12.1. The molecule has 3 fully saturated rings. The van der Waals surface area contributed by atoms with Crippen molar-refractivity contribution in [3.8, 4) is 23.1 Å². The van der Waals surface area contributed by atoms with E-state index in [1.165, 1.54) is 7.11 Å². The fraction of sp³-hybridized carbons (Fsp3) is 0.500. The predicted molar refractivity (Wildman–Crippen MR) is 268 cm³/mol. The molecular formula is C42H62FN7O5S6. The number of H-pyrrole nitrogens is 2. The van der Waals surface area contributed by atoms with Crippen LogP contribution in [-0.4, -0.2) is 92.3 Å². The molecule has 7 rings (SSSR count). The standard InChI is InChI=1S/C42H50FN7O5.6H2S/c1-24(2)26(5)39(51)49-22-30(43)19-34(49)37-44-21-33(47-37)29-13-10-27(11-14-29)8-9-28-12-15-31-32(18-28)46-38(45-31)35-20-42(16-7-17-55-42)23-50(35)40(52)36(25(3)4)48-41(53)54-6;;;;;;/h10-15,18,21,24-26,30,34-36H,7,16-17,19-20,22-23H2,1-6H3,(H,44,47)(H,45,46)(H,48,53);6*1H2/t26-,30-,34-,35-,36-,42-;;;;;;/m0....../s1. The van der Waals surface area contributed by atoms with E-state index < -0.39 is 29.9 Å². The SMILES string of the molecule is COC(=O)N[C@H](C(=O)N1C[C@]2(CCCO2)C[C@H]1c1nc2ccc(C#Cc3ccc(-c4cnc([C@@H]5C[C@H](F)CN5C(=O)[C@@H](C)C(C)C)[nH]4)cc3)cc2[nH]1)C(C)C.S.S.S.S.S.S. The van der Waals surface area contributed by atoms with Gasteiger partial charge < -0.3 is 34.6 Å². The average molecular weight is 956 g/mol. The number of hydrogen-bond acceptors (Lipinski definition) is 7. The molecule has 3 saturated heterocycles. The highest BCUT2D eigenvalue weighted by molar-refractivity contribution is 7.60. The summed E-state index contributed by atoms with van der Waals surface area (Å²) in [5, 5.41) is 2.72. The van der Waals surface area contributed by atoms with Crippen molar-refractivity contribution >= 4 is 110 Å². The zero-order valence-corrected chi connectivity index (χ0v) is 41.3. The monoisotopic (exact) mass is 955 g/mol. The Morgan fingerprint density at radius 2 is 1.56 bits per heavy atom. The fourth-order valence-corrected chi connectivity index (χ4v) is 7.97. The molecule has 3 N–H and O–H groups in total. The second kappa shape index (κ2) is 23.5. The van der Waals surface area contributed by atoms with Crippen LogP contribution in [0, 0.1) is 29.6 Å². The molecule has 2 aromatic carbocycles. The maximum absolute atomic E-state index is 14.5. The van der Waals surface area contributed by atoms with E-state index in [2.05, 4.69) is 32.1 Å². The molecule has 0 radical (unpaired) electrons. The molecule has 3 amide bonds. The second-order valence-electron chi connectivity index (χ2n) is 15.9. The van der Waals surface area contributed by atoms with Crippen LogP contribution in [0.4, 0.5) is 9.18 Å². The minimum atomic E-state index is -1.08. The summed E-state index contributed by atoms with van der Waals surface area (Å²) in [6.45, 7) is 10.9. The molecule has 338 valence electrons. The van der Waals surface area contributed by atoms with Crippen molar-refractivity contribution in [2.75, 3.05) is 26.8 Å². The number of amides is 3. The highest BCUT2D eigenvalue weighted by Crippen LogP contribution is 2.45. The van der Waals surface area contributed by atoms with Crippen molar-refractivity contribution < 1.29 is 28.2 Å². The number of aromatic nitrogens is 4. The normalized spacial score (nSPS) is 21.1. The Bertz CT molecular complexity index is 2140. The Morgan fingerprint density at radius 3 is 2.18 bits per heavy atom. The number of rotatable bonds is 8. The highest BCUT2D eigenvalue weighted by Gasteiger charge is 2.51. The molecular weight excluding hydrogens is 894 g/mol. The van der Waals surface area contributed by atoms with Gasteiger partial charge in [-0.1, -0.05) is 58.6 Å². The van der Waals surface area contributed by atoms with E-state index in [9.17, 15) is 18.8 Å². The molecule has 0 unspecified atom stereocenters. The van der Waals surface area contributed by atoms with Crippen LogP contribution in [0.25, 0.3) is 22.3 Å². The first kappa shape index (κ1) is 55.9. The molecule has 61 heavy (non-hydrogen) atoms. The third-order valence-corrected chi connectivity index (χ3v) is 11.5. The Balaban J connectivity index is 0.00000310. The minimum absolute atomic E-state index is 0. The van der Waals surface area contributed by atoms with Gasteiger partial charge in [0, 0.05) is 36.5 Å². The van der Waals surface area contributed by atoms with Gasteiger partial charge in [0.1, 0.15) is 23.9 Å². The Labute approximate surface area is 400 Å². The Morgan fingerprint density at radius 1 is 0.885 bits per heavy atom. The number of ether oxygens (including phenoxy) is 2. The number of hydrogen-bond donors (Lipinski definition) is 3. The third-order valence-electron chi connectivity index (χ3n) is 11.5. The van der Waals surface area contributed by atoms with Crippen LogP contribution in [0.3, 0.4) is 0 Å². The van der Waals surface area contributed by atoms with Crippen molar-refractivity contribution in [2.45, 2.75) is 90.2 Å². The van der Waals surface area contributed by atoms with Crippen molar-refractivity contribution in [1.29, 1.82) is 0 Å². The van der Waals surface area contributed by atoms with Crippen LogP contribution in [0.2, 0.25) is 0 Å². The number of alkyl halides is 1. The molecule has 2 aromatic heterocycles. The van der Waals surface area contributed by atoms with Crippen LogP contribution in [0.1, 0.15) is 95.2 Å². The number of aromatic amines is 2. The summed E-state index contributed by atoms with van der Waals surface area (Å²) in [6.07, 6.45) is 2.63. The first-order valence-electron chi connectivity index (χ1n) is 19.2. The van der Waals surface area contributed by atoms with Crippen molar-refractivity contribution in [2.24, 2.45) is 17.8 Å². The maximum Gasteiger partial charge on any atom is 0.407 e. The maximum atomic E-state index is 14.5. The molecule has 19 heteroatoms. The molecule has 0 aliphatic carbocycles. The first-order chi connectivity index (χ1) is 26.3. The van der Waals surface area contributed by atoms with Gasteiger partial charge in [0.25, 0.3) is 0 Å². The van der Waals surface area contributed by atoms with Crippen molar-refractivity contribution in [1.82, 2.24) is 35.1 Å². The zero-order valence-electron chi connectivity index (χ0n) is 35.3. The fourth-order valence-electron chi connectivity index (χ4n) is 7.97. The largest absolute Gasteiger partial charge is 0.453 e. The predicted octanol–water partition coefficient (Wildman–Crippen LogP) is 7.14. The van der Waals surface area contributed by atoms with E-state index in [1.54, 1.807) is 16.0 Å². The number of carbonyl (C=O) groups excluding carboxylic acids is 3. The number of likely N-dealkylation sites (tertiary alicyclic amines) is 2. The van der Waals surface area contributed by atoms with Crippen molar-refractivity contribution in [3.63, 3.8) is 0 Å². The average Bonchev–Trinajstić information content (AvgIpc) is 4.03. The number of nitrogens with zero attached hydrogens (tertiary/aromatic N) is 4. The summed E-state index contributed by atoms with van der Waals surface area (Å²) in [4.78, 5) is 59.0. The van der Waals surface area contributed by atoms with Gasteiger partial charge in [-0.05, 0) is 60.6 Å². The number of imidazole rings is 2. The lowest BCUT2D eigenvalue weighted by molar-refractivity contribution is -0.138. The molecule has 1 spiro atoms. The van der Waals surface area contributed by atoms with Crippen LogP contribution in [0.15, 0.2) is 48.7 Å². The molecule has 3 aliphatic heterocycles. The first-order valence-corrected chi connectivity index (χ1v) is 19.2. The van der Waals surface area contributed by atoms with Crippen molar-refractivity contribution in [3.05, 3.63) is 71.4 Å². The van der Waals surface area contributed by atoms with Gasteiger partial charge in [0.2, 0.25) is 11.8 Å². The summed E-state index contributed by atoms with van der Waals surface area (Å²) >= 11 is 0. The topological polar surface area (TPSA) is 146 Å². The molecule has 0 saturated carbocycles. The smallest absolute Gasteiger partial charge is 0.407 e. The summed E-state index contributed by atoms with van der Waals surface area (Å²) in [7, 11) is 1.29. The van der Waals surface area contributed by atoms with E-state index in [4.69, 9.17) is 14.5 Å². The molecule has 6 atom stereocenters. The number of methoxy groups -OCH3 is 1. The van der Waals surface area contributed by atoms with Crippen LogP contribution < -0.4 is 5.32 Å². The lowest BCUT2D eigenvalue weighted by Gasteiger charge is -2.30. The van der Waals surface area contributed by atoms with Gasteiger partial charge >= 0.3 is 6.09 Å². The molecule has 4 aromatic rings. The second-order valence-corrected chi connectivity index (χ2v) is 15.9. The van der Waals surface area contributed by atoms with Crippen LogP contribution in [-0.2, 0) is 19.1 Å². The van der Waals surface area contributed by atoms with Gasteiger partial charge in [-0.2, -0.15) is 81.0 Å². The summed E-state index contributed by atoms with van der Waals surface area (Å²) in [5.74, 6) is 7.34. The van der Waals surface area contributed by atoms with Crippen LogP contribution >= 0.6 is 81.0 Å². The number of benzene rings is 2. The molecule has 5 heterocycles. The zero-order chi connectivity index (χ0) is 39.0. The van der Waals surface area contributed by atoms with Gasteiger partial charge in [0.15, 0.2) is 0 Å². The van der Waals surface area contributed by atoms with E-state index >= 15 is 0 Å². The quantitative estimate of drug-likeness (QED) is 0.159. The number of fused-ring (bicyclic) bond motifs is 1. The van der Waals surface area contributed by atoms with E-state index in [0.29, 0.717) is 31.2 Å². The third kappa shape index (κ3) is 12.1. The number of carbonyl (C=O) groups is 3. The highest BCUT2D eigenvalue weighted by atomic mass is 32.1. The molecule has 12 nitrogen and oxygen atoms in total. The summed E-state index contributed by atoms with van der Waals surface area (Å²) < 4.78 is 25.6. The molecule has 3 aliphatic rings. The lowest BCUT2D eigenvalue weighted by Crippen LogP contribution is -2.51. The number of nitrogens with one attached hydrogen (secondary N) is 3. The van der Waals surface area contributed by atoms with Gasteiger partial charge in [-0.25, -0.2) is 19.2 Å². The molecule has 0 bridgehead atoms. The van der Waals surface area contributed by atoms with Gasteiger partial charge in [-0.15, -0.1) is 0 Å². The Hall–Kier alpha value is -3.12. The number of alkyl carbamates (subject to hydrolysis) is 1. The van der Waals surface area contributed by atoms with E-state index in [1.807, 2.05) is 77.1 Å². The van der Waals surface area contributed by atoms with E-state index in [-0.39, 0.29) is 130 Å². The summed E-state index contributed by atoms with van der Waals surface area (Å²) in [5.41, 5.74) is 4.45.